The number of fused-ring (bicyclic) bond motifs is 2. The van der Waals surface area contributed by atoms with E-state index in [-0.39, 0.29) is 11.6 Å². The molecule has 0 saturated heterocycles. The summed E-state index contributed by atoms with van der Waals surface area (Å²) in [4.78, 5) is 24.2. The van der Waals surface area contributed by atoms with Crippen molar-refractivity contribution in [2.45, 2.75) is 0 Å². The number of phenolic OH excluding ortho intramolecular Hbond substituents is 1. The first-order valence-electron chi connectivity index (χ1n) is 7.20. The van der Waals surface area contributed by atoms with E-state index in [4.69, 9.17) is 5.11 Å². The first-order chi connectivity index (χ1) is 11.2. The maximum Gasteiger partial charge on any atom is 0.194 e. The fourth-order valence-corrected chi connectivity index (χ4v) is 2.48. The summed E-state index contributed by atoms with van der Waals surface area (Å²) in [6, 6.07) is 22.6. The van der Waals surface area contributed by atoms with E-state index in [2.05, 4.69) is 0 Å². The molecule has 3 aromatic rings. The lowest BCUT2D eigenvalue weighted by molar-refractivity contribution is 0.0979. The van der Waals surface area contributed by atoms with Crippen LogP contribution in [-0.4, -0.2) is 16.7 Å². The van der Waals surface area contributed by atoms with E-state index in [1.54, 1.807) is 72.8 Å². The minimum absolute atomic E-state index is 0.0641. The first kappa shape index (κ1) is 14.7. The molecule has 0 unspecified atom stereocenters. The lowest BCUT2D eigenvalue weighted by Crippen LogP contribution is -2.20. The summed E-state index contributed by atoms with van der Waals surface area (Å²) in [7, 11) is 0. The number of hydrogen-bond acceptors (Lipinski definition) is 3. The summed E-state index contributed by atoms with van der Waals surface area (Å²) in [5, 5.41) is 8.63. The maximum absolute atomic E-state index is 12.1. The zero-order valence-corrected chi connectivity index (χ0v) is 12.3. The zero-order chi connectivity index (χ0) is 16.2. The molecule has 0 spiro atoms. The van der Waals surface area contributed by atoms with Crippen LogP contribution >= 0.6 is 0 Å². The predicted octanol–water partition coefficient (Wildman–Crippen LogP) is 3.85. The van der Waals surface area contributed by atoms with Crippen LogP contribution in [0.5, 0.6) is 5.75 Å². The average molecular weight is 302 g/mol. The molecule has 112 valence electrons. The van der Waals surface area contributed by atoms with Gasteiger partial charge in [-0.25, -0.2) is 0 Å². The molecule has 0 aromatic heterocycles. The Kier molecular flexibility index (Phi) is 4.02. The Balaban J connectivity index is 0.000000188. The third-order valence-corrected chi connectivity index (χ3v) is 3.59. The van der Waals surface area contributed by atoms with Gasteiger partial charge in [0, 0.05) is 22.3 Å². The van der Waals surface area contributed by atoms with Gasteiger partial charge < -0.3 is 5.11 Å². The quantitative estimate of drug-likeness (QED) is 0.537. The summed E-state index contributed by atoms with van der Waals surface area (Å²) in [6.07, 6.45) is 0. The number of para-hydroxylation sites is 1. The van der Waals surface area contributed by atoms with Crippen LogP contribution in [0.4, 0.5) is 0 Å². The number of phenols is 1. The highest BCUT2D eigenvalue weighted by Crippen LogP contribution is 2.26. The van der Waals surface area contributed by atoms with Crippen molar-refractivity contribution in [3.8, 4) is 5.75 Å². The van der Waals surface area contributed by atoms with Crippen molar-refractivity contribution in [2.24, 2.45) is 0 Å². The van der Waals surface area contributed by atoms with E-state index in [1.807, 2.05) is 6.07 Å². The number of hydrogen-bond donors (Lipinski definition) is 1. The van der Waals surface area contributed by atoms with E-state index < -0.39 is 0 Å². The summed E-state index contributed by atoms with van der Waals surface area (Å²) in [6.45, 7) is 0. The minimum atomic E-state index is -0.0641. The minimum Gasteiger partial charge on any atom is -0.508 e. The molecule has 1 aliphatic rings. The fourth-order valence-electron chi connectivity index (χ4n) is 2.48. The Bertz CT molecular complexity index is 761. The van der Waals surface area contributed by atoms with Gasteiger partial charge >= 0.3 is 0 Å². The van der Waals surface area contributed by atoms with Gasteiger partial charge in [-0.2, -0.15) is 0 Å². The maximum atomic E-state index is 12.1. The van der Waals surface area contributed by atoms with Gasteiger partial charge in [0.1, 0.15) is 5.75 Å². The van der Waals surface area contributed by atoms with Crippen molar-refractivity contribution < 1.29 is 14.7 Å². The molecule has 3 heteroatoms. The van der Waals surface area contributed by atoms with E-state index in [9.17, 15) is 9.59 Å². The number of carbonyl (C=O) groups is 2. The predicted molar refractivity (Wildman–Crippen MR) is 87.9 cm³/mol. The molecule has 0 fully saturated rings. The van der Waals surface area contributed by atoms with Gasteiger partial charge in [-0.15, -0.1) is 0 Å². The zero-order valence-electron chi connectivity index (χ0n) is 12.3. The van der Waals surface area contributed by atoms with Gasteiger partial charge in [0.2, 0.25) is 0 Å². The third-order valence-electron chi connectivity index (χ3n) is 3.59. The fraction of sp³-hybridized carbons (Fsp3) is 0. The highest BCUT2D eigenvalue weighted by atomic mass is 16.3. The first-order valence-corrected chi connectivity index (χ1v) is 7.20. The third kappa shape index (κ3) is 2.90. The van der Waals surface area contributed by atoms with Crippen molar-refractivity contribution in [3.05, 3.63) is 101 Å². The van der Waals surface area contributed by atoms with Gasteiger partial charge in [-0.1, -0.05) is 66.7 Å². The second-order valence-electron chi connectivity index (χ2n) is 5.08. The number of rotatable bonds is 0. The van der Waals surface area contributed by atoms with Crippen molar-refractivity contribution in [2.75, 3.05) is 0 Å². The lowest BCUT2D eigenvalue weighted by atomic mass is 9.84. The van der Waals surface area contributed by atoms with Crippen LogP contribution in [0.2, 0.25) is 0 Å². The van der Waals surface area contributed by atoms with Crippen LogP contribution in [0.15, 0.2) is 78.9 Å². The van der Waals surface area contributed by atoms with E-state index in [0.29, 0.717) is 28.0 Å². The number of ketones is 2. The Hall–Kier alpha value is -3.20. The Morgan fingerprint density at radius 2 is 0.783 bits per heavy atom. The highest BCUT2D eigenvalue weighted by molar-refractivity contribution is 6.28. The molecule has 0 heterocycles. The van der Waals surface area contributed by atoms with E-state index in [1.165, 1.54) is 0 Å². The van der Waals surface area contributed by atoms with Crippen molar-refractivity contribution >= 4 is 11.6 Å². The lowest BCUT2D eigenvalue weighted by Gasteiger charge is -2.16. The standard InChI is InChI=1S/C14H8O2.C6H6O/c15-13-9-5-1-2-6-10(9)14(16)12-8-4-3-7-11(12)13;7-6-4-2-1-3-5-6/h1-8H;1-5,7H. The molecule has 4 rings (SSSR count). The molecule has 0 amide bonds. The second kappa shape index (κ2) is 6.28. The van der Waals surface area contributed by atoms with Crippen LogP contribution in [0.25, 0.3) is 0 Å². The number of carbonyl (C=O) groups excluding carboxylic acids is 2. The largest absolute Gasteiger partial charge is 0.508 e. The SMILES string of the molecule is O=C1c2ccccc2C(=O)c2ccccc21.Oc1ccccc1. The monoisotopic (exact) mass is 302 g/mol. The van der Waals surface area contributed by atoms with Crippen molar-refractivity contribution in [1.82, 2.24) is 0 Å². The summed E-state index contributed by atoms with van der Waals surface area (Å²) < 4.78 is 0. The number of aromatic hydroxyl groups is 1. The molecule has 0 aliphatic heterocycles. The topological polar surface area (TPSA) is 54.4 Å². The van der Waals surface area contributed by atoms with Gasteiger partial charge in [0.15, 0.2) is 11.6 Å². The smallest absolute Gasteiger partial charge is 0.194 e. The van der Waals surface area contributed by atoms with E-state index >= 15 is 0 Å². The molecule has 3 aromatic carbocycles. The van der Waals surface area contributed by atoms with E-state index in [0.717, 1.165) is 0 Å². The molecular formula is C20H14O3. The average Bonchev–Trinajstić information content (AvgIpc) is 2.61. The van der Waals surface area contributed by atoms with Crippen molar-refractivity contribution in [3.63, 3.8) is 0 Å². The van der Waals surface area contributed by atoms with Gasteiger partial charge in [-0.05, 0) is 12.1 Å². The van der Waals surface area contributed by atoms with Crippen LogP contribution in [0, 0.1) is 0 Å². The molecular weight excluding hydrogens is 288 g/mol. The molecule has 23 heavy (non-hydrogen) atoms. The summed E-state index contributed by atoms with van der Waals surface area (Å²) in [5.74, 6) is 0.194. The molecule has 1 N–H and O–H groups in total. The summed E-state index contributed by atoms with van der Waals surface area (Å²) in [5.41, 5.74) is 2.02. The normalized spacial score (nSPS) is 11.8. The van der Waals surface area contributed by atoms with Gasteiger partial charge in [0.05, 0.1) is 0 Å². The van der Waals surface area contributed by atoms with Crippen LogP contribution < -0.4 is 0 Å². The summed E-state index contributed by atoms with van der Waals surface area (Å²) >= 11 is 0. The molecule has 1 aliphatic carbocycles. The van der Waals surface area contributed by atoms with Crippen molar-refractivity contribution in [1.29, 1.82) is 0 Å². The molecule has 0 radical (unpaired) electrons. The second-order valence-corrected chi connectivity index (χ2v) is 5.08. The molecule has 0 atom stereocenters. The molecule has 3 nitrogen and oxygen atoms in total. The van der Waals surface area contributed by atoms with Gasteiger partial charge in [-0.3, -0.25) is 9.59 Å². The molecule has 0 bridgehead atoms. The van der Waals surface area contributed by atoms with Crippen LogP contribution in [0.3, 0.4) is 0 Å². The number of benzene rings is 3. The van der Waals surface area contributed by atoms with Gasteiger partial charge in [0.25, 0.3) is 0 Å². The van der Waals surface area contributed by atoms with Crippen LogP contribution in [-0.2, 0) is 0 Å². The van der Waals surface area contributed by atoms with Crippen LogP contribution in [0.1, 0.15) is 31.8 Å². The Labute approximate surface area is 133 Å². The highest BCUT2D eigenvalue weighted by Gasteiger charge is 2.28. The Morgan fingerprint density at radius 1 is 0.478 bits per heavy atom. The Morgan fingerprint density at radius 3 is 1.04 bits per heavy atom. The molecule has 0 saturated carbocycles.